The molecule has 0 aromatic heterocycles. The summed E-state index contributed by atoms with van der Waals surface area (Å²) in [5.74, 6) is 1.35. The number of nitrogens with one attached hydrogen (secondary N) is 1. The van der Waals surface area contributed by atoms with Crippen molar-refractivity contribution in [3.8, 4) is 12.3 Å². The Balaban J connectivity index is 2.40. The topological polar surface area (TPSA) is 94.1 Å². The molecule has 0 radical (unpaired) electrons. The first-order valence-electron chi connectivity index (χ1n) is 9.56. The van der Waals surface area contributed by atoms with Gasteiger partial charge in [-0.3, -0.25) is 4.79 Å². The van der Waals surface area contributed by atoms with Gasteiger partial charge in [-0.15, -0.1) is 6.42 Å². The van der Waals surface area contributed by atoms with E-state index in [0.29, 0.717) is 25.0 Å². The number of carbonyl (C=O) groups is 2. The van der Waals surface area contributed by atoms with Crippen molar-refractivity contribution < 1.29 is 28.9 Å². The highest BCUT2D eigenvalue weighted by atomic mass is 16.7. The molecule has 2 rings (SSSR count). The van der Waals surface area contributed by atoms with Gasteiger partial charge in [-0.1, -0.05) is 18.1 Å². The number of amides is 1. The maximum Gasteiger partial charge on any atom is 0.337 e. The average Bonchev–Trinajstić information content (AvgIpc) is 2.75. The van der Waals surface area contributed by atoms with Gasteiger partial charge in [0.25, 0.3) is 5.91 Å². The third-order valence-electron chi connectivity index (χ3n) is 4.70. The highest BCUT2D eigenvalue weighted by Crippen LogP contribution is 2.39. The van der Waals surface area contributed by atoms with Crippen LogP contribution in [0.4, 0.5) is 0 Å². The van der Waals surface area contributed by atoms with Crippen molar-refractivity contribution in [1.29, 1.82) is 0 Å². The number of aliphatic hydroxyl groups excluding tert-OH is 1. The number of carbonyl (C=O) groups excluding carboxylic acids is 2. The molecular formula is C22H27NO6. The Morgan fingerprint density at radius 2 is 2.03 bits per heavy atom. The molecule has 156 valence electrons. The van der Waals surface area contributed by atoms with E-state index in [1.165, 1.54) is 7.11 Å². The Bertz CT molecular complexity index is 765. The summed E-state index contributed by atoms with van der Waals surface area (Å²) in [6.45, 7) is 2.39. The van der Waals surface area contributed by atoms with Crippen molar-refractivity contribution in [1.82, 2.24) is 5.32 Å². The highest BCUT2D eigenvalue weighted by Gasteiger charge is 2.37. The number of hydrogen-bond donors (Lipinski definition) is 2. The Morgan fingerprint density at radius 1 is 1.31 bits per heavy atom. The van der Waals surface area contributed by atoms with Gasteiger partial charge < -0.3 is 24.6 Å². The summed E-state index contributed by atoms with van der Waals surface area (Å²) in [4.78, 5) is 24.1. The molecule has 0 spiro atoms. The molecule has 1 aliphatic rings. The molecule has 0 saturated heterocycles. The molecule has 7 heteroatoms. The molecule has 1 aromatic rings. The van der Waals surface area contributed by atoms with Crippen molar-refractivity contribution in [3.63, 3.8) is 0 Å². The van der Waals surface area contributed by atoms with Crippen LogP contribution in [0.1, 0.15) is 41.6 Å². The fraction of sp³-hybridized carbons (Fsp3) is 0.455. The standard InChI is InChI=1S/C22H27NO6/c1-4-12-23-20(25)19-14-18(15-8-10-16(11-9-15)21(26)27-3)17(7-6-13-24)22(29-19)28-5-2/h1,8-11,14,17-18,22,24H,5-7,12-13H2,2-3H3,(H,23,25)/t17-,18-,22-/m0/s1. The van der Waals surface area contributed by atoms with E-state index in [0.717, 1.165) is 5.56 Å². The second-order valence-electron chi connectivity index (χ2n) is 6.53. The summed E-state index contributed by atoms with van der Waals surface area (Å²) >= 11 is 0. The SMILES string of the molecule is C#CCNC(=O)C1=C[C@@H](c2ccc(C(=O)OC)cc2)[C@H](CCCO)[C@@H](OCC)O1. The smallest absolute Gasteiger partial charge is 0.337 e. The fourth-order valence-corrected chi connectivity index (χ4v) is 3.32. The first-order valence-corrected chi connectivity index (χ1v) is 9.56. The second-order valence-corrected chi connectivity index (χ2v) is 6.53. The van der Waals surface area contributed by atoms with E-state index in [1.54, 1.807) is 18.2 Å². The van der Waals surface area contributed by atoms with Crippen LogP contribution in [-0.4, -0.2) is 50.1 Å². The first kappa shape index (κ1) is 22.5. The van der Waals surface area contributed by atoms with Crippen molar-refractivity contribution >= 4 is 11.9 Å². The van der Waals surface area contributed by atoms with Crippen LogP contribution in [0.5, 0.6) is 0 Å². The average molecular weight is 401 g/mol. The lowest BCUT2D eigenvalue weighted by molar-refractivity contribution is -0.166. The molecule has 7 nitrogen and oxygen atoms in total. The maximum atomic E-state index is 12.4. The van der Waals surface area contributed by atoms with Crippen LogP contribution in [-0.2, 0) is 19.0 Å². The van der Waals surface area contributed by atoms with Crippen LogP contribution in [0.15, 0.2) is 36.1 Å². The molecule has 0 saturated carbocycles. The number of terminal acetylenes is 1. The van der Waals surface area contributed by atoms with Crippen LogP contribution in [0, 0.1) is 18.3 Å². The van der Waals surface area contributed by atoms with E-state index in [1.807, 2.05) is 19.1 Å². The second kappa shape index (κ2) is 11.2. The Hall–Kier alpha value is -2.82. The van der Waals surface area contributed by atoms with Crippen LogP contribution in [0.3, 0.4) is 0 Å². The third kappa shape index (κ3) is 5.83. The quantitative estimate of drug-likeness (QED) is 0.485. The lowest BCUT2D eigenvalue weighted by Gasteiger charge is -2.37. The summed E-state index contributed by atoms with van der Waals surface area (Å²) in [5.41, 5.74) is 1.34. The van der Waals surface area contributed by atoms with Crippen molar-refractivity contribution in [2.24, 2.45) is 5.92 Å². The van der Waals surface area contributed by atoms with Gasteiger partial charge >= 0.3 is 5.97 Å². The fourth-order valence-electron chi connectivity index (χ4n) is 3.32. The maximum absolute atomic E-state index is 12.4. The lowest BCUT2D eigenvalue weighted by atomic mass is 9.80. The Morgan fingerprint density at radius 3 is 2.62 bits per heavy atom. The molecule has 3 atom stereocenters. The largest absolute Gasteiger partial charge is 0.465 e. The minimum Gasteiger partial charge on any atom is -0.465 e. The van der Waals surface area contributed by atoms with E-state index < -0.39 is 18.2 Å². The molecule has 0 unspecified atom stereocenters. The van der Waals surface area contributed by atoms with E-state index in [9.17, 15) is 14.7 Å². The van der Waals surface area contributed by atoms with Crippen LogP contribution in [0.2, 0.25) is 0 Å². The van der Waals surface area contributed by atoms with Gasteiger partial charge in [-0.05, 0) is 43.5 Å². The summed E-state index contributed by atoms with van der Waals surface area (Å²) < 4.78 is 16.3. The lowest BCUT2D eigenvalue weighted by Crippen LogP contribution is -2.39. The Kier molecular flexibility index (Phi) is 8.71. The minimum absolute atomic E-state index is 0.0442. The predicted molar refractivity (Wildman–Crippen MR) is 107 cm³/mol. The number of hydrogen-bond acceptors (Lipinski definition) is 6. The van der Waals surface area contributed by atoms with Crippen LogP contribution >= 0.6 is 0 Å². The molecule has 1 aromatic carbocycles. The zero-order valence-corrected chi connectivity index (χ0v) is 16.7. The predicted octanol–water partition coefficient (Wildman–Crippen LogP) is 1.97. The van der Waals surface area contributed by atoms with Gasteiger partial charge in [0.05, 0.1) is 19.2 Å². The van der Waals surface area contributed by atoms with Gasteiger partial charge in [-0.2, -0.15) is 0 Å². The van der Waals surface area contributed by atoms with Crippen LogP contribution in [0.25, 0.3) is 0 Å². The normalized spacial score (nSPS) is 20.8. The highest BCUT2D eigenvalue weighted by molar-refractivity contribution is 5.92. The van der Waals surface area contributed by atoms with Gasteiger partial charge in [0.2, 0.25) is 6.29 Å². The number of methoxy groups -OCH3 is 1. The summed E-state index contributed by atoms with van der Waals surface area (Å²) in [6.07, 6.45) is 7.53. The number of allylic oxidation sites excluding steroid dienone is 1. The number of aliphatic hydroxyl groups is 1. The zero-order chi connectivity index (χ0) is 21.2. The molecular weight excluding hydrogens is 374 g/mol. The molecule has 1 heterocycles. The van der Waals surface area contributed by atoms with Crippen LogP contribution < -0.4 is 5.32 Å². The monoisotopic (exact) mass is 401 g/mol. The summed E-state index contributed by atoms with van der Waals surface area (Å²) in [6, 6.07) is 7.01. The van der Waals surface area contributed by atoms with E-state index >= 15 is 0 Å². The number of rotatable bonds is 9. The van der Waals surface area contributed by atoms with Gasteiger partial charge in [0.15, 0.2) is 5.76 Å². The molecule has 0 fully saturated rings. The summed E-state index contributed by atoms with van der Waals surface area (Å²) in [7, 11) is 1.33. The van der Waals surface area contributed by atoms with Crippen molar-refractivity contribution in [2.45, 2.75) is 32.0 Å². The Labute approximate surface area is 171 Å². The zero-order valence-electron chi connectivity index (χ0n) is 16.7. The number of benzene rings is 1. The third-order valence-corrected chi connectivity index (χ3v) is 4.70. The minimum atomic E-state index is -0.645. The first-order chi connectivity index (χ1) is 14.0. The van der Waals surface area contributed by atoms with Gasteiger partial charge in [0, 0.05) is 25.0 Å². The summed E-state index contributed by atoms with van der Waals surface area (Å²) in [5, 5.41) is 11.9. The molecule has 29 heavy (non-hydrogen) atoms. The molecule has 0 aliphatic carbocycles. The van der Waals surface area contributed by atoms with Crippen molar-refractivity contribution in [3.05, 3.63) is 47.2 Å². The van der Waals surface area contributed by atoms with Gasteiger partial charge in [0.1, 0.15) is 0 Å². The molecule has 2 N–H and O–H groups in total. The van der Waals surface area contributed by atoms with E-state index in [2.05, 4.69) is 11.2 Å². The van der Waals surface area contributed by atoms with Crippen molar-refractivity contribution in [2.75, 3.05) is 26.9 Å². The molecule has 1 aliphatic heterocycles. The van der Waals surface area contributed by atoms with E-state index in [4.69, 9.17) is 20.6 Å². The van der Waals surface area contributed by atoms with Gasteiger partial charge in [-0.25, -0.2) is 4.79 Å². The van der Waals surface area contributed by atoms with E-state index in [-0.39, 0.29) is 30.7 Å². The number of esters is 1. The number of ether oxygens (including phenoxy) is 3. The molecule has 1 amide bonds. The molecule has 0 bridgehead atoms.